The molecular weight excluding hydrogens is 927 g/mol. The number of esters is 4. The lowest BCUT2D eigenvalue weighted by Crippen LogP contribution is -2.69. The van der Waals surface area contributed by atoms with Gasteiger partial charge in [0, 0.05) is 47.6 Å². The largest absolute Gasteiger partial charge is 0.462 e. The molecule has 4 aromatic carbocycles. The van der Waals surface area contributed by atoms with Crippen molar-refractivity contribution >= 4 is 41.8 Å². The number of benzene rings is 4. The van der Waals surface area contributed by atoms with Crippen LogP contribution in [0, 0.1) is 10.8 Å². The number of cyclic esters (lactones) is 1. The molecule has 0 spiro atoms. The lowest BCUT2D eigenvalue weighted by atomic mass is 9.62. The van der Waals surface area contributed by atoms with Crippen LogP contribution in [-0.4, -0.2) is 107 Å². The van der Waals surface area contributed by atoms with Crippen molar-refractivity contribution in [3.8, 4) is 0 Å². The number of nitrogens with one attached hydrogen (secondary N) is 2. The van der Waals surface area contributed by atoms with Crippen LogP contribution < -0.4 is 10.6 Å². The molecule has 4 aliphatic heterocycles. The van der Waals surface area contributed by atoms with Crippen LogP contribution >= 0.6 is 0 Å². The smallest absolute Gasteiger partial charge is 0.348 e. The maximum Gasteiger partial charge on any atom is 0.348 e. The van der Waals surface area contributed by atoms with Gasteiger partial charge in [0.2, 0.25) is 17.8 Å². The van der Waals surface area contributed by atoms with Crippen LogP contribution in [0.2, 0.25) is 0 Å². The first-order valence-electron chi connectivity index (χ1n) is 24.1. The Kier molecular flexibility index (Phi) is 14.0. The van der Waals surface area contributed by atoms with Crippen LogP contribution in [0.3, 0.4) is 0 Å². The highest BCUT2D eigenvalue weighted by Gasteiger charge is 2.76. The van der Waals surface area contributed by atoms with E-state index in [1.807, 2.05) is 66.7 Å². The summed E-state index contributed by atoms with van der Waals surface area (Å²) in [6.45, 7) is 8.55. The first kappa shape index (κ1) is 50.2. The normalized spacial score (nSPS) is 26.2. The van der Waals surface area contributed by atoms with Gasteiger partial charge in [-0.05, 0) is 62.1 Å². The van der Waals surface area contributed by atoms with Crippen LogP contribution in [0.5, 0.6) is 0 Å². The summed E-state index contributed by atoms with van der Waals surface area (Å²) in [6.07, 6.45) is -1.84. The van der Waals surface area contributed by atoms with E-state index in [0.29, 0.717) is 27.8 Å². The standard InChI is InChI=1S/C55H59N3O14/c1-52(2,3)69-42(61)25-23-39(31-59)57-48(62)36-17-13-15-34(27-36)29-56-51(65)54-28-40-43-44(71-55(70-43,37-18-8-6-9-19-37)38-20-10-7-11-21-38)46(54)72-58(45(54)49(63)67-40)30-35-16-12-14-33(26-35)22-24-41(60)68-47-50(64)66-32-53(47,4)5/h6-22,24,26-27,39-40,43-47,59H,23,25,28-32H2,1-5H3,(H,56,65)(H,57,62)/t39-,40+,43-,44-,45-,46+,47-,54-/m0/s1. The van der Waals surface area contributed by atoms with Gasteiger partial charge in [-0.25, -0.2) is 9.59 Å². The van der Waals surface area contributed by atoms with Gasteiger partial charge in [-0.15, -0.1) is 0 Å². The molecule has 5 aliphatic rings. The molecule has 1 saturated carbocycles. The first-order valence-corrected chi connectivity index (χ1v) is 24.1. The Morgan fingerprint density at radius 3 is 2.21 bits per heavy atom. The maximum atomic E-state index is 15.3. The van der Waals surface area contributed by atoms with Crippen molar-refractivity contribution < 1.29 is 67.1 Å². The number of amides is 2. The van der Waals surface area contributed by atoms with Crippen molar-refractivity contribution in [2.75, 3.05) is 13.2 Å². The Balaban J connectivity index is 0.980. The minimum Gasteiger partial charge on any atom is -0.462 e. The summed E-state index contributed by atoms with van der Waals surface area (Å²) in [6, 6.07) is 30.7. The zero-order valence-electron chi connectivity index (χ0n) is 40.7. The molecular formula is C55H59N3O14. The molecule has 17 nitrogen and oxygen atoms in total. The van der Waals surface area contributed by atoms with Crippen LogP contribution in [0.4, 0.5) is 0 Å². The van der Waals surface area contributed by atoms with Crippen molar-refractivity contribution in [2.24, 2.45) is 10.8 Å². The molecule has 4 aromatic rings. The minimum atomic E-state index is -1.57. The van der Waals surface area contributed by atoms with E-state index in [0.717, 1.165) is 0 Å². The van der Waals surface area contributed by atoms with E-state index >= 15 is 4.79 Å². The Labute approximate surface area is 417 Å². The Hall–Kier alpha value is -6.76. The lowest BCUT2D eigenvalue weighted by molar-refractivity contribution is -0.213. The molecule has 1 aliphatic carbocycles. The molecule has 17 heteroatoms. The number of hydroxylamine groups is 2. The van der Waals surface area contributed by atoms with E-state index in [9.17, 15) is 29.1 Å². The molecule has 8 atom stereocenters. The fourth-order valence-electron chi connectivity index (χ4n) is 10.3. The Morgan fingerprint density at radius 2 is 1.54 bits per heavy atom. The molecule has 2 amide bonds. The average molecular weight is 986 g/mol. The van der Waals surface area contributed by atoms with Crippen LogP contribution in [0.15, 0.2) is 115 Å². The molecule has 0 aromatic heterocycles. The fraction of sp³-hybridized carbons (Fsp3) is 0.418. The predicted octanol–water partition coefficient (Wildman–Crippen LogP) is 5.21. The highest BCUT2D eigenvalue weighted by atomic mass is 16.8. The third-order valence-corrected chi connectivity index (χ3v) is 13.6. The number of ether oxygens (including phenoxy) is 6. The van der Waals surface area contributed by atoms with Gasteiger partial charge < -0.3 is 44.2 Å². The van der Waals surface area contributed by atoms with Crippen molar-refractivity contribution in [3.63, 3.8) is 0 Å². The van der Waals surface area contributed by atoms with E-state index < -0.39 is 107 Å². The topological polar surface area (TPSA) is 215 Å². The SMILES string of the molecule is CC(C)(C)OC(=O)CC[C@@H](CO)NC(=O)c1cccc(CNC(=O)[C@@]23C[C@H]4OC(=O)[C@@H]2N(Cc2cccc(C=CC(=O)O[C@H]5C(=O)OCC5(C)C)c2)O[C@@H]3[C@H]2OC(c3ccccc3)(c3ccccc3)O[C@H]24)c1. The highest BCUT2D eigenvalue weighted by Crippen LogP contribution is 2.59. The van der Waals surface area contributed by atoms with Gasteiger partial charge in [0.05, 0.1) is 19.2 Å². The first-order chi connectivity index (χ1) is 34.4. The van der Waals surface area contributed by atoms with Crippen LogP contribution in [0.25, 0.3) is 6.08 Å². The van der Waals surface area contributed by atoms with E-state index in [1.165, 1.54) is 11.1 Å². The van der Waals surface area contributed by atoms with Gasteiger partial charge in [-0.1, -0.05) is 111 Å². The molecule has 2 bridgehead atoms. The number of fused-ring (bicyclic) bond motifs is 4. The molecule has 5 fully saturated rings. The summed E-state index contributed by atoms with van der Waals surface area (Å²) in [7, 11) is 0. The van der Waals surface area contributed by atoms with E-state index in [2.05, 4.69) is 10.6 Å². The van der Waals surface area contributed by atoms with Gasteiger partial charge in [0.15, 0.2) is 6.04 Å². The van der Waals surface area contributed by atoms with Gasteiger partial charge in [-0.2, -0.15) is 5.06 Å². The van der Waals surface area contributed by atoms with Gasteiger partial charge >= 0.3 is 23.9 Å². The minimum absolute atomic E-state index is 0.00508. The Bertz CT molecular complexity index is 2700. The van der Waals surface area contributed by atoms with Crippen LogP contribution in [0.1, 0.15) is 92.1 Å². The third kappa shape index (κ3) is 10.0. The number of hydrogen-bond donors (Lipinski definition) is 3. The predicted molar refractivity (Wildman–Crippen MR) is 256 cm³/mol. The fourth-order valence-corrected chi connectivity index (χ4v) is 10.3. The van der Waals surface area contributed by atoms with E-state index in [1.54, 1.807) is 83.2 Å². The van der Waals surface area contributed by atoms with Crippen molar-refractivity contribution in [3.05, 3.63) is 149 Å². The molecule has 378 valence electrons. The summed E-state index contributed by atoms with van der Waals surface area (Å²) < 4.78 is 36.3. The molecule has 4 saturated heterocycles. The molecule has 3 N–H and O–H groups in total. The summed E-state index contributed by atoms with van der Waals surface area (Å²) in [5, 5.41) is 17.4. The number of nitrogens with zero attached hydrogens (tertiary/aromatic N) is 1. The monoisotopic (exact) mass is 985 g/mol. The van der Waals surface area contributed by atoms with Gasteiger partial charge in [0.25, 0.3) is 5.91 Å². The number of aliphatic hydroxyl groups is 1. The second kappa shape index (κ2) is 20.0. The molecule has 0 radical (unpaired) electrons. The van der Waals surface area contributed by atoms with Crippen LogP contribution in [-0.2, 0) is 76.1 Å². The molecule has 9 rings (SSSR count). The van der Waals surface area contributed by atoms with Gasteiger partial charge in [-0.3, -0.25) is 24.0 Å². The molecule has 4 heterocycles. The third-order valence-electron chi connectivity index (χ3n) is 13.6. The van der Waals surface area contributed by atoms with E-state index in [-0.39, 0.29) is 44.5 Å². The quantitative estimate of drug-likeness (QED) is 0.0747. The number of carbonyl (C=O) groups is 6. The summed E-state index contributed by atoms with van der Waals surface area (Å²) >= 11 is 0. The zero-order valence-corrected chi connectivity index (χ0v) is 40.7. The van der Waals surface area contributed by atoms with E-state index in [4.69, 9.17) is 33.3 Å². The number of carbonyl (C=O) groups excluding carboxylic acids is 6. The highest BCUT2D eigenvalue weighted by molar-refractivity contribution is 5.95. The molecule has 0 unspecified atom stereocenters. The van der Waals surface area contributed by atoms with Crippen molar-refractivity contribution in [1.82, 2.24) is 15.7 Å². The zero-order chi connectivity index (χ0) is 51.0. The maximum absolute atomic E-state index is 15.3. The number of rotatable bonds is 16. The summed E-state index contributed by atoms with van der Waals surface area (Å²) in [5.74, 6) is -4.89. The van der Waals surface area contributed by atoms with Crippen molar-refractivity contribution in [1.29, 1.82) is 0 Å². The van der Waals surface area contributed by atoms with Gasteiger partial charge in [0.1, 0.15) is 42.0 Å². The summed E-state index contributed by atoms with van der Waals surface area (Å²) in [5.41, 5.74) is 0.576. The second-order valence-electron chi connectivity index (χ2n) is 20.6. The number of aliphatic hydroxyl groups excluding tert-OH is 1. The molecule has 72 heavy (non-hydrogen) atoms. The second-order valence-corrected chi connectivity index (χ2v) is 20.6. The average Bonchev–Trinajstić information content (AvgIpc) is 4.02. The Morgan fingerprint density at radius 1 is 0.861 bits per heavy atom. The van der Waals surface area contributed by atoms with Crippen molar-refractivity contribution in [2.45, 2.75) is 121 Å². The lowest BCUT2D eigenvalue weighted by Gasteiger charge is -2.48. The number of hydrogen-bond acceptors (Lipinski definition) is 15. The summed E-state index contributed by atoms with van der Waals surface area (Å²) in [4.78, 5) is 87.6.